The maximum atomic E-state index is 5.65. The number of aryl methyl sites for hydroxylation is 1. The maximum Gasteiger partial charge on any atom is 0.184 e. The van der Waals surface area contributed by atoms with E-state index in [1.54, 1.807) is 31.2 Å². The molecular formula is C12H16N4O2. The zero-order valence-electron chi connectivity index (χ0n) is 10.7. The Morgan fingerprint density at radius 3 is 2.67 bits per heavy atom. The summed E-state index contributed by atoms with van der Waals surface area (Å²) in [4.78, 5) is 4.30. The van der Waals surface area contributed by atoms with Gasteiger partial charge in [-0.3, -0.25) is 9.67 Å². The second-order valence-electron chi connectivity index (χ2n) is 3.86. The molecule has 0 aliphatic carbocycles. The zero-order chi connectivity index (χ0) is 13.1. The van der Waals surface area contributed by atoms with Crippen LogP contribution in [-0.4, -0.2) is 29.0 Å². The fraction of sp³-hybridized carbons (Fsp3) is 0.333. The smallest absolute Gasteiger partial charge is 0.184 e. The predicted octanol–water partition coefficient (Wildman–Crippen LogP) is 1.23. The van der Waals surface area contributed by atoms with Gasteiger partial charge >= 0.3 is 0 Å². The summed E-state index contributed by atoms with van der Waals surface area (Å²) < 4.78 is 12.3. The molecule has 0 unspecified atom stereocenters. The van der Waals surface area contributed by atoms with Crippen LogP contribution in [-0.2, 0) is 6.54 Å². The van der Waals surface area contributed by atoms with Gasteiger partial charge in [-0.1, -0.05) is 0 Å². The molecule has 2 aromatic heterocycles. The fourth-order valence-corrected chi connectivity index (χ4v) is 1.80. The van der Waals surface area contributed by atoms with Gasteiger partial charge in [0.25, 0.3) is 0 Å². The van der Waals surface area contributed by atoms with E-state index >= 15 is 0 Å². The van der Waals surface area contributed by atoms with E-state index in [-0.39, 0.29) is 0 Å². The minimum Gasteiger partial charge on any atom is -0.493 e. The van der Waals surface area contributed by atoms with Crippen LogP contribution in [0.3, 0.4) is 0 Å². The highest BCUT2D eigenvalue weighted by molar-refractivity contribution is 5.43. The Labute approximate surface area is 105 Å². The van der Waals surface area contributed by atoms with E-state index in [0.29, 0.717) is 23.9 Å². The van der Waals surface area contributed by atoms with E-state index in [1.165, 1.54) is 0 Å². The van der Waals surface area contributed by atoms with Gasteiger partial charge < -0.3 is 15.2 Å². The Bertz CT molecular complexity index is 551. The SMILES string of the molecule is COc1ccnc(Cn2nc(N)cc2C)c1OC. The molecule has 0 aromatic carbocycles. The number of nitrogens with zero attached hydrogens (tertiary/aromatic N) is 3. The molecule has 0 bridgehead atoms. The number of methoxy groups -OCH3 is 2. The third kappa shape index (κ3) is 2.22. The molecule has 0 amide bonds. The molecule has 2 N–H and O–H groups in total. The summed E-state index contributed by atoms with van der Waals surface area (Å²) >= 11 is 0. The molecule has 0 atom stereocenters. The highest BCUT2D eigenvalue weighted by Crippen LogP contribution is 2.29. The lowest BCUT2D eigenvalue weighted by Crippen LogP contribution is -2.08. The van der Waals surface area contributed by atoms with Crippen LogP contribution in [0.4, 0.5) is 5.82 Å². The lowest BCUT2D eigenvalue weighted by atomic mass is 10.3. The Morgan fingerprint density at radius 1 is 1.33 bits per heavy atom. The predicted molar refractivity (Wildman–Crippen MR) is 67.8 cm³/mol. The second-order valence-corrected chi connectivity index (χ2v) is 3.86. The van der Waals surface area contributed by atoms with Crippen LogP contribution < -0.4 is 15.2 Å². The molecule has 6 nitrogen and oxygen atoms in total. The average molecular weight is 248 g/mol. The molecule has 0 radical (unpaired) electrons. The van der Waals surface area contributed by atoms with E-state index in [4.69, 9.17) is 15.2 Å². The standard InChI is InChI=1S/C12H16N4O2/c1-8-6-11(13)15-16(8)7-9-12(18-3)10(17-2)4-5-14-9/h4-6H,7H2,1-3H3,(H2,13,15). The molecule has 18 heavy (non-hydrogen) atoms. The lowest BCUT2D eigenvalue weighted by Gasteiger charge is -2.12. The number of hydrogen-bond donors (Lipinski definition) is 1. The molecule has 96 valence electrons. The van der Waals surface area contributed by atoms with Gasteiger partial charge in [0.15, 0.2) is 11.5 Å². The molecule has 2 aromatic rings. The van der Waals surface area contributed by atoms with Crippen LogP contribution in [0.15, 0.2) is 18.3 Å². The first kappa shape index (κ1) is 12.2. The minimum absolute atomic E-state index is 0.489. The highest BCUT2D eigenvalue weighted by atomic mass is 16.5. The summed E-state index contributed by atoms with van der Waals surface area (Å²) in [7, 11) is 3.19. The molecule has 0 aliphatic rings. The molecule has 2 heterocycles. The zero-order valence-corrected chi connectivity index (χ0v) is 10.7. The van der Waals surface area contributed by atoms with Gasteiger partial charge in [0.05, 0.1) is 20.8 Å². The minimum atomic E-state index is 0.489. The summed E-state index contributed by atoms with van der Waals surface area (Å²) in [6, 6.07) is 3.57. The summed E-state index contributed by atoms with van der Waals surface area (Å²) in [6.07, 6.45) is 1.68. The van der Waals surface area contributed by atoms with Crippen LogP contribution in [0, 0.1) is 6.92 Å². The van der Waals surface area contributed by atoms with Gasteiger partial charge in [-0.25, -0.2) is 0 Å². The van der Waals surface area contributed by atoms with Crippen molar-refractivity contribution in [1.82, 2.24) is 14.8 Å². The first-order valence-electron chi connectivity index (χ1n) is 5.51. The second kappa shape index (κ2) is 4.95. The molecule has 0 spiro atoms. The molecule has 2 rings (SSSR count). The first-order valence-corrected chi connectivity index (χ1v) is 5.51. The van der Waals surface area contributed by atoms with Crippen molar-refractivity contribution >= 4 is 5.82 Å². The molecule has 0 fully saturated rings. The van der Waals surface area contributed by atoms with Gasteiger partial charge in [0.1, 0.15) is 11.5 Å². The quantitative estimate of drug-likeness (QED) is 0.880. The van der Waals surface area contributed by atoms with E-state index in [2.05, 4.69) is 10.1 Å². The number of aromatic nitrogens is 3. The Kier molecular flexibility index (Phi) is 3.36. The van der Waals surface area contributed by atoms with Crippen molar-refractivity contribution in [3.8, 4) is 11.5 Å². The third-order valence-corrected chi connectivity index (χ3v) is 2.67. The highest BCUT2D eigenvalue weighted by Gasteiger charge is 2.13. The number of rotatable bonds is 4. The molecular weight excluding hydrogens is 232 g/mol. The molecule has 0 saturated carbocycles. The van der Waals surface area contributed by atoms with Crippen LogP contribution >= 0.6 is 0 Å². The molecule has 0 aliphatic heterocycles. The van der Waals surface area contributed by atoms with Crippen molar-refractivity contribution in [2.75, 3.05) is 20.0 Å². The topological polar surface area (TPSA) is 75.2 Å². The van der Waals surface area contributed by atoms with Gasteiger partial charge in [0.2, 0.25) is 0 Å². The van der Waals surface area contributed by atoms with Gasteiger partial charge in [0, 0.05) is 24.0 Å². The Balaban J connectivity index is 2.37. The van der Waals surface area contributed by atoms with Crippen LogP contribution in [0.25, 0.3) is 0 Å². The average Bonchev–Trinajstić information content (AvgIpc) is 2.67. The van der Waals surface area contributed by atoms with Crippen molar-refractivity contribution in [3.63, 3.8) is 0 Å². The summed E-state index contributed by atoms with van der Waals surface area (Å²) in [5.41, 5.74) is 7.38. The van der Waals surface area contributed by atoms with Crippen molar-refractivity contribution in [1.29, 1.82) is 0 Å². The van der Waals surface area contributed by atoms with Crippen LogP contribution in [0.2, 0.25) is 0 Å². The van der Waals surface area contributed by atoms with Crippen LogP contribution in [0.5, 0.6) is 11.5 Å². The van der Waals surface area contributed by atoms with Gasteiger partial charge in [-0.2, -0.15) is 5.10 Å². The first-order chi connectivity index (χ1) is 8.65. The number of ether oxygens (including phenoxy) is 2. The van der Waals surface area contributed by atoms with E-state index in [1.807, 2.05) is 13.0 Å². The van der Waals surface area contributed by atoms with Crippen LogP contribution in [0.1, 0.15) is 11.4 Å². The van der Waals surface area contributed by atoms with E-state index in [9.17, 15) is 0 Å². The Hall–Kier alpha value is -2.24. The van der Waals surface area contributed by atoms with Gasteiger partial charge in [-0.15, -0.1) is 0 Å². The number of pyridine rings is 1. The number of nitrogens with two attached hydrogens (primary N) is 1. The number of hydrogen-bond acceptors (Lipinski definition) is 5. The Morgan fingerprint density at radius 2 is 2.11 bits per heavy atom. The van der Waals surface area contributed by atoms with E-state index in [0.717, 1.165) is 11.4 Å². The van der Waals surface area contributed by atoms with Crippen molar-refractivity contribution in [2.45, 2.75) is 13.5 Å². The third-order valence-electron chi connectivity index (χ3n) is 2.67. The monoisotopic (exact) mass is 248 g/mol. The maximum absolute atomic E-state index is 5.65. The summed E-state index contributed by atoms with van der Waals surface area (Å²) in [5.74, 6) is 1.77. The lowest BCUT2D eigenvalue weighted by molar-refractivity contribution is 0.348. The summed E-state index contributed by atoms with van der Waals surface area (Å²) in [5, 5.41) is 4.19. The largest absolute Gasteiger partial charge is 0.493 e. The molecule has 6 heteroatoms. The number of anilines is 1. The van der Waals surface area contributed by atoms with Gasteiger partial charge in [-0.05, 0) is 6.92 Å². The van der Waals surface area contributed by atoms with Crippen molar-refractivity contribution in [3.05, 3.63) is 29.7 Å². The van der Waals surface area contributed by atoms with Crippen molar-refractivity contribution < 1.29 is 9.47 Å². The normalized spacial score (nSPS) is 10.4. The molecule has 0 saturated heterocycles. The summed E-state index contributed by atoms with van der Waals surface area (Å²) in [6.45, 7) is 2.43. The fourth-order valence-electron chi connectivity index (χ4n) is 1.80. The van der Waals surface area contributed by atoms with E-state index < -0.39 is 0 Å². The van der Waals surface area contributed by atoms with Crippen molar-refractivity contribution in [2.24, 2.45) is 0 Å². The number of nitrogen functional groups attached to an aromatic ring is 1.